The molecule has 0 N–H and O–H groups in total. The second-order valence-corrected chi connectivity index (χ2v) is 7.74. The van der Waals surface area contributed by atoms with Crippen molar-refractivity contribution in [3.05, 3.63) is 71.8 Å². The molecule has 0 amide bonds. The van der Waals surface area contributed by atoms with Gasteiger partial charge in [0.25, 0.3) is 0 Å². The number of hydrogen-bond acceptors (Lipinski definition) is 7. The van der Waals surface area contributed by atoms with Gasteiger partial charge >= 0.3 is 7.82 Å². The summed E-state index contributed by atoms with van der Waals surface area (Å²) in [5.41, 5.74) is 0.818. The average molecular weight is 404 g/mol. The predicted molar refractivity (Wildman–Crippen MR) is 101 cm³/mol. The number of rotatable bonds is 10. The number of ketones is 2. The molecule has 1 saturated heterocycles. The first-order valence-corrected chi connectivity index (χ1v) is 10.4. The van der Waals surface area contributed by atoms with Crippen LogP contribution in [0.15, 0.2) is 60.7 Å². The fraction of sp³-hybridized carbons (Fsp3) is 0.300. The Labute approximate surface area is 163 Å². The van der Waals surface area contributed by atoms with Gasteiger partial charge in [-0.1, -0.05) is 60.7 Å². The van der Waals surface area contributed by atoms with Crippen molar-refractivity contribution in [1.29, 1.82) is 0 Å². The summed E-state index contributed by atoms with van der Waals surface area (Å²) >= 11 is 0. The Morgan fingerprint density at radius 1 is 0.893 bits per heavy atom. The Balaban J connectivity index is 1.63. The van der Waals surface area contributed by atoms with Crippen molar-refractivity contribution in [2.45, 2.75) is 19.1 Å². The molecule has 1 heterocycles. The fourth-order valence-corrected chi connectivity index (χ4v) is 3.76. The second-order valence-electron chi connectivity index (χ2n) is 6.12. The Hall–Kier alpha value is -2.15. The van der Waals surface area contributed by atoms with E-state index in [1.807, 2.05) is 0 Å². The summed E-state index contributed by atoms with van der Waals surface area (Å²) in [5, 5.41) is 0. The topological polar surface area (TPSA) is 88.1 Å². The van der Waals surface area contributed by atoms with Crippen LogP contribution in [0.3, 0.4) is 0 Å². The van der Waals surface area contributed by atoms with Crippen molar-refractivity contribution < 1.29 is 32.5 Å². The van der Waals surface area contributed by atoms with Crippen LogP contribution in [-0.4, -0.2) is 37.7 Å². The maximum absolute atomic E-state index is 13.0. The molecule has 0 aromatic heterocycles. The van der Waals surface area contributed by atoms with Gasteiger partial charge in [0.15, 0.2) is 17.9 Å². The second kappa shape index (κ2) is 9.87. The molecule has 0 saturated carbocycles. The number of carbonyl (C=O) groups is 2. The van der Waals surface area contributed by atoms with Crippen molar-refractivity contribution in [3.63, 3.8) is 0 Å². The van der Waals surface area contributed by atoms with Crippen molar-refractivity contribution in [2.24, 2.45) is 0 Å². The molecule has 1 atom stereocenters. The van der Waals surface area contributed by atoms with Gasteiger partial charge in [0.05, 0.1) is 0 Å². The summed E-state index contributed by atoms with van der Waals surface area (Å²) in [6.07, 6.45) is 0.511. The van der Waals surface area contributed by atoms with Crippen LogP contribution in [0.5, 0.6) is 0 Å². The molecule has 1 fully saturated rings. The van der Waals surface area contributed by atoms with E-state index in [0.29, 0.717) is 24.2 Å². The third-order valence-corrected chi connectivity index (χ3v) is 5.42. The van der Waals surface area contributed by atoms with Gasteiger partial charge in [0.1, 0.15) is 13.2 Å². The molecule has 0 unspecified atom stereocenters. The Morgan fingerprint density at radius 2 is 1.39 bits per heavy atom. The Bertz CT molecular complexity index is 773. The van der Waals surface area contributed by atoms with E-state index in [2.05, 4.69) is 0 Å². The highest BCUT2D eigenvalue weighted by atomic mass is 31.2. The van der Waals surface area contributed by atoms with E-state index in [9.17, 15) is 14.2 Å². The molecule has 2 aromatic carbocycles. The predicted octanol–water partition coefficient (Wildman–Crippen LogP) is 4.05. The van der Waals surface area contributed by atoms with Crippen LogP contribution in [0.25, 0.3) is 0 Å². The van der Waals surface area contributed by atoms with Crippen molar-refractivity contribution in [1.82, 2.24) is 0 Å². The van der Waals surface area contributed by atoms with Gasteiger partial charge in [-0.3, -0.25) is 23.2 Å². The normalized spacial score (nSPS) is 16.8. The van der Waals surface area contributed by atoms with Gasteiger partial charge in [0, 0.05) is 24.2 Å². The van der Waals surface area contributed by atoms with Gasteiger partial charge in [-0.25, -0.2) is 4.57 Å². The molecule has 1 aliphatic rings. The molecule has 1 aliphatic heterocycles. The molecule has 28 heavy (non-hydrogen) atoms. The summed E-state index contributed by atoms with van der Waals surface area (Å²) in [7, 11) is -4.18. The molecule has 0 radical (unpaired) electrons. The summed E-state index contributed by atoms with van der Waals surface area (Å²) in [5.74, 6) is -0.760. The highest BCUT2D eigenvalue weighted by Crippen LogP contribution is 2.51. The van der Waals surface area contributed by atoms with Gasteiger partial charge in [0.2, 0.25) is 0 Å². The number of Topliss-reactive ketones (excluding diaryl/α,β-unsaturated/α-hetero) is 2. The van der Waals surface area contributed by atoms with E-state index >= 15 is 0 Å². The average Bonchev–Trinajstić information content (AvgIpc) is 3.24. The lowest BCUT2D eigenvalue weighted by Gasteiger charge is -2.20. The third-order valence-electron chi connectivity index (χ3n) is 4.03. The lowest BCUT2D eigenvalue weighted by atomic mass is 10.1. The summed E-state index contributed by atoms with van der Waals surface area (Å²) in [6, 6.07) is 16.9. The number of hydrogen-bond donors (Lipinski definition) is 0. The molecular weight excluding hydrogens is 383 g/mol. The first kappa shape index (κ1) is 20.6. The smallest absolute Gasteiger partial charge is 0.352 e. The van der Waals surface area contributed by atoms with Crippen molar-refractivity contribution in [2.75, 3.05) is 19.8 Å². The minimum absolute atomic E-state index is 0.380. The first-order chi connectivity index (χ1) is 13.6. The highest BCUT2D eigenvalue weighted by molar-refractivity contribution is 7.48. The molecule has 8 heteroatoms. The standard InChI is InChI=1S/C20H21O7P/c21-18(16-8-3-1-4-9-16)14-25-28(23,27-20-12-7-13-24-20)26-15-19(22)17-10-5-2-6-11-17/h1-6,8-11,20H,7,12-15H2/t20-/m0/s1. The van der Waals surface area contributed by atoms with Gasteiger partial charge in [-0.15, -0.1) is 0 Å². The van der Waals surface area contributed by atoms with E-state index in [1.54, 1.807) is 60.7 Å². The monoisotopic (exact) mass is 404 g/mol. The van der Waals surface area contributed by atoms with E-state index in [4.69, 9.17) is 18.3 Å². The molecule has 0 bridgehead atoms. The minimum Gasteiger partial charge on any atom is -0.352 e. The van der Waals surface area contributed by atoms with Gasteiger partial charge < -0.3 is 4.74 Å². The molecule has 2 aromatic rings. The largest absolute Gasteiger partial charge is 0.478 e. The van der Waals surface area contributed by atoms with E-state index in [0.717, 1.165) is 6.42 Å². The zero-order valence-corrected chi connectivity index (χ0v) is 16.1. The number of phosphoric ester groups is 1. The van der Waals surface area contributed by atoms with Crippen LogP contribution in [0.4, 0.5) is 0 Å². The number of phosphoric acid groups is 1. The Kier molecular flexibility index (Phi) is 7.25. The fourth-order valence-electron chi connectivity index (χ4n) is 2.56. The molecule has 0 spiro atoms. The lowest BCUT2D eigenvalue weighted by molar-refractivity contribution is -0.0627. The lowest BCUT2D eigenvalue weighted by Crippen LogP contribution is -2.17. The summed E-state index contributed by atoms with van der Waals surface area (Å²) < 4.78 is 34.1. The van der Waals surface area contributed by atoms with E-state index < -0.39 is 27.3 Å². The van der Waals surface area contributed by atoms with Crippen LogP contribution in [0.2, 0.25) is 0 Å². The van der Waals surface area contributed by atoms with E-state index in [1.165, 1.54) is 0 Å². The summed E-state index contributed by atoms with van der Waals surface area (Å²) in [6.45, 7) is -0.544. The zero-order valence-electron chi connectivity index (χ0n) is 15.2. The number of carbonyl (C=O) groups excluding carboxylic acids is 2. The van der Waals surface area contributed by atoms with Crippen LogP contribution in [0, 0.1) is 0 Å². The molecule has 3 rings (SSSR count). The molecule has 0 aliphatic carbocycles. The van der Waals surface area contributed by atoms with Crippen LogP contribution < -0.4 is 0 Å². The quantitative estimate of drug-likeness (QED) is 0.436. The van der Waals surface area contributed by atoms with Gasteiger partial charge in [-0.05, 0) is 6.42 Å². The van der Waals surface area contributed by atoms with E-state index in [-0.39, 0.29) is 11.6 Å². The third kappa shape index (κ3) is 5.92. The Morgan fingerprint density at radius 3 is 1.82 bits per heavy atom. The SMILES string of the molecule is O=C(COP(=O)(OCC(=O)c1ccccc1)O[C@H]1CCCO1)c1ccccc1. The summed E-state index contributed by atoms with van der Waals surface area (Å²) in [4.78, 5) is 24.5. The molecule has 7 nitrogen and oxygen atoms in total. The number of ether oxygens (including phenoxy) is 1. The molecule has 148 valence electrons. The minimum atomic E-state index is -4.18. The van der Waals surface area contributed by atoms with Gasteiger partial charge in [-0.2, -0.15) is 0 Å². The first-order valence-electron chi connectivity index (χ1n) is 8.91. The highest BCUT2D eigenvalue weighted by Gasteiger charge is 2.34. The molecular formula is C20H21O7P. The van der Waals surface area contributed by atoms with Crippen LogP contribution in [0.1, 0.15) is 33.6 Å². The van der Waals surface area contributed by atoms with Crippen molar-refractivity contribution in [3.8, 4) is 0 Å². The van der Waals surface area contributed by atoms with Crippen molar-refractivity contribution >= 4 is 19.4 Å². The maximum atomic E-state index is 13.0. The maximum Gasteiger partial charge on any atom is 0.478 e. The van der Waals surface area contributed by atoms with Crippen LogP contribution in [-0.2, 0) is 22.9 Å². The van der Waals surface area contributed by atoms with Crippen LogP contribution >= 0.6 is 7.82 Å². The zero-order chi connectivity index (χ0) is 19.8. The number of benzene rings is 2.